The van der Waals surface area contributed by atoms with Gasteiger partial charge in [0.2, 0.25) is 5.75 Å². The molecule has 0 bridgehead atoms. The summed E-state index contributed by atoms with van der Waals surface area (Å²) < 4.78 is 15.1. The number of fused-ring (bicyclic) bond motifs is 1. The minimum absolute atomic E-state index is 0.0334. The van der Waals surface area contributed by atoms with Crippen LogP contribution in [0.25, 0.3) is 0 Å². The van der Waals surface area contributed by atoms with Crippen molar-refractivity contribution >= 4 is 5.97 Å². The van der Waals surface area contributed by atoms with Crippen molar-refractivity contribution < 1.29 is 29.2 Å². The number of ether oxygens (including phenoxy) is 3. The number of esters is 1. The van der Waals surface area contributed by atoms with E-state index in [0.717, 1.165) is 7.11 Å². The molecule has 1 heterocycles. The molecule has 1 aromatic carbocycles. The molecule has 6 nitrogen and oxygen atoms in total. The SMILES string of the molecule is COC(=O)C(O)c1ccc2c(c1O)OCCCO2. The summed E-state index contributed by atoms with van der Waals surface area (Å²) in [4.78, 5) is 11.2. The lowest BCUT2D eigenvalue weighted by molar-refractivity contribution is -0.150. The van der Waals surface area contributed by atoms with Gasteiger partial charge in [0.1, 0.15) is 0 Å². The number of phenolic OH excluding ortho intramolecular Hbond substituents is 1. The number of benzene rings is 1. The predicted molar refractivity (Wildman–Crippen MR) is 60.7 cm³/mol. The van der Waals surface area contributed by atoms with E-state index >= 15 is 0 Å². The van der Waals surface area contributed by atoms with Gasteiger partial charge in [0.25, 0.3) is 0 Å². The molecule has 0 spiro atoms. The number of hydrogen-bond donors (Lipinski definition) is 2. The number of phenols is 1. The van der Waals surface area contributed by atoms with E-state index in [1.807, 2.05) is 0 Å². The Kier molecular flexibility index (Phi) is 3.57. The van der Waals surface area contributed by atoms with E-state index in [1.54, 1.807) is 6.07 Å². The predicted octanol–water partition coefficient (Wildman–Crippen LogP) is 0.760. The van der Waals surface area contributed by atoms with E-state index < -0.39 is 12.1 Å². The average molecular weight is 254 g/mol. The molecule has 1 unspecified atom stereocenters. The molecular weight excluding hydrogens is 240 g/mol. The number of aromatic hydroxyl groups is 1. The number of rotatable bonds is 2. The second-order valence-electron chi connectivity index (χ2n) is 3.81. The molecule has 18 heavy (non-hydrogen) atoms. The zero-order chi connectivity index (χ0) is 13.1. The number of aliphatic hydroxyl groups is 1. The second-order valence-corrected chi connectivity index (χ2v) is 3.81. The summed E-state index contributed by atoms with van der Waals surface area (Å²) in [5.41, 5.74) is 0.0334. The Labute approximate surface area is 104 Å². The molecule has 0 radical (unpaired) electrons. The van der Waals surface area contributed by atoms with Crippen LogP contribution in [-0.4, -0.2) is 36.5 Å². The molecule has 6 heteroatoms. The van der Waals surface area contributed by atoms with Crippen LogP contribution in [0, 0.1) is 0 Å². The van der Waals surface area contributed by atoms with E-state index in [-0.39, 0.29) is 17.1 Å². The van der Waals surface area contributed by atoms with E-state index in [4.69, 9.17) is 9.47 Å². The van der Waals surface area contributed by atoms with Crippen LogP contribution in [0.2, 0.25) is 0 Å². The summed E-state index contributed by atoms with van der Waals surface area (Å²) in [6, 6.07) is 2.95. The monoisotopic (exact) mass is 254 g/mol. The number of carbonyl (C=O) groups is 1. The Balaban J connectivity index is 2.39. The first-order valence-electron chi connectivity index (χ1n) is 5.52. The van der Waals surface area contributed by atoms with Gasteiger partial charge in [-0.2, -0.15) is 0 Å². The van der Waals surface area contributed by atoms with Crippen molar-refractivity contribution in [2.45, 2.75) is 12.5 Å². The maximum absolute atomic E-state index is 11.2. The first-order chi connectivity index (χ1) is 8.65. The molecule has 0 aromatic heterocycles. The van der Waals surface area contributed by atoms with Crippen molar-refractivity contribution in [2.24, 2.45) is 0 Å². The highest BCUT2D eigenvalue weighted by Gasteiger charge is 2.26. The average Bonchev–Trinajstić information content (AvgIpc) is 2.63. The normalized spacial score (nSPS) is 15.7. The lowest BCUT2D eigenvalue weighted by Crippen LogP contribution is -2.13. The molecule has 2 N–H and O–H groups in total. The summed E-state index contributed by atoms with van der Waals surface area (Å²) in [6.45, 7) is 0.893. The number of hydrogen-bond acceptors (Lipinski definition) is 6. The van der Waals surface area contributed by atoms with Crippen molar-refractivity contribution in [1.29, 1.82) is 0 Å². The summed E-state index contributed by atoms with van der Waals surface area (Å²) >= 11 is 0. The van der Waals surface area contributed by atoms with E-state index in [9.17, 15) is 15.0 Å². The van der Waals surface area contributed by atoms with Gasteiger partial charge in [-0.15, -0.1) is 0 Å². The third-order valence-corrected chi connectivity index (χ3v) is 2.64. The highest BCUT2D eigenvalue weighted by molar-refractivity contribution is 5.78. The third kappa shape index (κ3) is 2.19. The quantitative estimate of drug-likeness (QED) is 0.758. The first kappa shape index (κ1) is 12.5. The maximum atomic E-state index is 11.2. The van der Waals surface area contributed by atoms with Crippen molar-refractivity contribution in [3.63, 3.8) is 0 Å². The van der Waals surface area contributed by atoms with Crippen LogP contribution < -0.4 is 9.47 Å². The zero-order valence-corrected chi connectivity index (χ0v) is 9.88. The van der Waals surface area contributed by atoms with Gasteiger partial charge < -0.3 is 24.4 Å². The summed E-state index contributed by atoms with van der Waals surface area (Å²) in [6.07, 6.45) is -0.852. The molecule has 0 saturated heterocycles. The fourth-order valence-corrected chi connectivity index (χ4v) is 1.70. The molecule has 0 aliphatic carbocycles. The highest BCUT2D eigenvalue weighted by atomic mass is 16.5. The van der Waals surface area contributed by atoms with Gasteiger partial charge in [0.15, 0.2) is 17.6 Å². The molecule has 2 rings (SSSR count). The van der Waals surface area contributed by atoms with Crippen molar-refractivity contribution in [3.8, 4) is 17.2 Å². The minimum atomic E-state index is -1.55. The molecule has 1 aliphatic heterocycles. The zero-order valence-electron chi connectivity index (χ0n) is 9.88. The Hall–Kier alpha value is -1.95. The Morgan fingerprint density at radius 2 is 2.11 bits per heavy atom. The maximum Gasteiger partial charge on any atom is 0.339 e. The van der Waals surface area contributed by atoms with E-state index in [2.05, 4.69) is 4.74 Å². The fraction of sp³-hybridized carbons (Fsp3) is 0.417. The summed E-state index contributed by atoms with van der Waals surface area (Å²) in [5, 5.41) is 19.7. The van der Waals surface area contributed by atoms with Gasteiger partial charge in [0, 0.05) is 12.0 Å². The van der Waals surface area contributed by atoms with Crippen LogP contribution in [0.5, 0.6) is 17.2 Å². The van der Waals surface area contributed by atoms with Crippen LogP contribution in [0.1, 0.15) is 18.1 Å². The second kappa shape index (κ2) is 5.14. The van der Waals surface area contributed by atoms with Crippen LogP contribution in [-0.2, 0) is 9.53 Å². The number of carbonyl (C=O) groups excluding carboxylic acids is 1. The minimum Gasteiger partial charge on any atom is -0.504 e. The van der Waals surface area contributed by atoms with Gasteiger partial charge in [-0.25, -0.2) is 4.79 Å². The van der Waals surface area contributed by atoms with Gasteiger partial charge in [-0.05, 0) is 12.1 Å². The van der Waals surface area contributed by atoms with Gasteiger partial charge in [-0.3, -0.25) is 0 Å². The molecule has 0 fully saturated rings. The van der Waals surface area contributed by atoms with Gasteiger partial charge in [-0.1, -0.05) is 0 Å². The van der Waals surface area contributed by atoms with Crippen molar-refractivity contribution in [1.82, 2.24) is 0 Å². The van der Waals surface area contributed by atoms with Crippen LogP contribution in [0.15, 0.2) is 12.1 Å². The van der Waals surface area contributed by atoms with Gasteiger partial charge >= 0.3 is 5.97 Å². The molecule has 1 aliphatic rings. The van der Waals surface area contributed by atoms with Crippen LogP contribution >= 0.6 is 0 Å². The lowest BCUT2D eigenvalue weighted by atomic mass is 10.1. The molecule has 1 atom stereocenters. The van der Waals surface area contributed by atoms with Crippen LogP contribution in [0.4, 0.5) is 0 Å². The molecule has 0 saturated carbocycles. The third-order valence-electron chi connectivity index (χ3n) is 2.64. The topological polar surface area (TPSA) is 85.2 Å². The number of aliphatic hydroxyl groups excluding tert-OH is 1. The van der Waals surface area contributed by atoms with Crippen molar-refractivity contribution in [2.75, 3.05) is 20.3 Å². The molecule has 0 amide bonds. The largest absolute Gasteiger partial charge is 0.504 e. The Morgan fingerprint density at radius 3 is 2.83 bits per heavy atom. The Morgan fingerprint density at radius 1 is 1.39 bits per heavy atom. The van der Waals surface area contributed by atoms with E-state index in [1.165, 1.54) is 6.07 Å². The lowest BCUT2D eigenvalue weighted by Gasteiger charge is -2.15. The van der Waals surface area contributed by atoms with Crippen LogP contribution in [0.3, 0.4) is 0 Å². The van der Waals surface area contributed by atoms with Gasteiger partial charge in [0.05, 0.1) is 20.3 Å². The standard InChI is InChI=1S/C12H14O6/c1-16-12(15)10(14)7-3-4-8-11(9(7)13)18-6-2-5-17-8/h3-4,10,13-14H,2,5-6H2,1H3. The smallest absolute Gasteiger partial charge is 0.339 e. The first-order valence-corrected chi connectivity index (χ1v) is 5.52. The van der Waals surface area contributed by atoms with E-state index in [0.29, 0.717) is 25.4 Å². The fourth-order valence-electron chi connectivity index (χ4n) is 1.70. The summed E-state index contributed by atoms with van der Waals surface area (Å²) in [5.74, 6) is -0.606. The molecular formula is C12H14O6. The molecule has 98 valence electrons. The summed E-state index contributed by atoms with van der Waals surface area (Å²) in [7, 11) is 1.16. The number of methoxy groups -OCH3 is 1. The Bertz CT molecular complexity index is 456. The highest BCUT2D eigenvalue weighted by Crippen LogP contribution is 2.42. The van der Waals surface area contributed by atoms with Crippen molar-refractivity contribution in [3.05, 3.63) is 17.7 Å². The molecule has 1 aromatic rings.